The number of amides is 2. The van der Waals surface area contributed by atoms with Crippen LogP contribution >= 0.6 is 0 Å². The third kappa shape index (κ3) is 4.07. The fourth-order valence-electron chi connectivity index (χ4n) is 4.48. The van der Waals surface area contributed by atoms with Gasteiger partial charge in [0.15, 0.2) is 7.05 Å². The summed E-state index contributed by atoms with van der Waals surface area (Å²) in [6, 6.07) is 13.1. The molecule has 8 nitrogen and oxygen atoms in total. The predicted octanol–water partition coefficient (Wildman–Crippen LogP) is 2.54. The molecule has 0 saturated heterocycles. The zero-order valence-electron chi connectivity index (χ0n) is 19.8. The van der Waals surface area contributed by atoms with E-state index in [0.29, 0.717) is 23.6 Å². The van der Waals surface area contributed by atoms with Crippen molar-refractivity contribution in [2.24, 2.45) is 12.0 Å². The predicted molar refractivity (Wildman–Crippen MR) is 129 cm³/mol. The average molecular weight is 459 g/mol. The third-order valence-corrected chi connectivity index (χ3v) is 6.35. The smallest absolute Gasteiger partial charge is 0.319 e. The number of anilines is 1. The zero-order valence-corrected chi connectivity index (χ0v) is 19.8. The second kappa shape index (κ2) is 8.44. The van der Waals surface area contributed by atoms with Gasteiger partial charge in [0, 0.05) is 31.7 Å². The summed E-state index contributed by atoms with van der Waals surface area (Å²) in [5.41, 5.74) is 7.36. The molecule has 2 aliphatic heterocycles. The van der Waals surface area contributed by atoms with E-state index < -0.39 is 6.04 Å². The van der Waals surface area contributed by atoms with Gasteiger partial charge in [0.05, 0.1) is 17.1 Å². The van der Waals surface area contributed by atoms with E-state index in [0.717, 1.165) is 34.6 Å². The minimum Gasteiger partial charge on any atom is -0.489 e. The zero-order chi connectivity index (χ0) is 24.0. The lowest BCUT2D eigenvalue weighted by atomic mass is 10.1. The van der Waals surface area contributed by atoms with E-state index in [2.05, 4.69) is 46.6 Å². The van der Waals surface area contributed by atoms with E-state index in [1.807, 2.05) is 25.1 Å². The molecule has 0 spiro atoms. The van der Waals surface area contributed by atoms with Crippen molar-refractivity contribution in [2.75, 3.05) is 18.6 Å². The number of aromatic amines is 1. The average Bonchev–Trinajstić information content (AvgIpc) is 3.33. The molecule has 2 N–H and O–H groups in total. The Hall–Kier alpha value is -3.94. The highest BCUT2D eigenvalue weighted by molar-refractivity contribution is 6.03. The van der Waals surface area contributed by atoms with Crippen molar-refractivity contribution in [3.63, 3.8) is 0 Å². The molecule has 1 aromatic heterocycles. The Kier molecular flexibility index (Phi) is 5.43. The number of carbonyl (C=O) groups is 2. The lowest BCUT2D eigenvalue weighted by Crippen LogP contribution is -2.51. The molecule has 0 radical (unpaired) electrons. The van der Waals surface area contributed by atoms with Gasteiger partial charge in [0.25, 0.3) is 11.6 Å². The van der Waals surface area contributed by atoms with Crippen LogP contribution in [0.2, 0.25) is 0 Å². The molecule has 3 aromatic rings. The molecular formula is C26H28N5O3+. The van der Waals surface area contributed by atoms with Gasteiger partial charge in [-0.3, -0.25) is 14.6 Å². The van der Waals surface area contributed by atoms with Crippen LogP contribution in [0.4, 0.5) is 11.4 Å². The largest absolute Gasteiger partial charge is 0.489 e. The van der Waals surface area contributed by atoms with Crippen molar-refractivity contribution >= 4 is 28.9 Å². The van der Waals surface area contributed by atoms with E-state index in [1.54, 1.807) is 18.8 Å². The number of fused-ring (bicyclic) bond motifs is 2. The SMILES string of the molecule is CC1=Nc2cc3c(cc2C1)OC[C@H](NC(=O)c1cc(Cc2ccc(C)cc2)[nH][n+]1C)C(=O)N3C. The minimum absolute atomic E-state index is 0.0604. The summed E-state index contributed by atoms with van der Waals surface area (Å²) in [4.78, 5) is 32.4. The van der Waals surface area contributed by atoms with Crippen LogP contribution < -0.4 is 19.6 Å². The van der Waals surface area contributed by atoms with Crippen LogP contribution in [0.1, 0.15) is 39.8 Å². The number of hydrogen-bond donors (Lipinski definition) is 2. The maximum Gasteiger partial charge on any atom is 0.319 e. The summed E-state index contributed by atoms with van der Waals surface area (Å²) in [6.07, 6.45) is 1.45. The van der Waals surface area contributed by atoms with Crippen LogP contribution in [-0.4, -0.2) is 42.3 Å². The van der Waals surface area contributed by atoms with Gasteiger partial charge in [-0.2, -0.15) is 5.10 Å². The van der Waals surface area contributed by atoms with Crippen molar-refractivity contribution in [3.8, 4) is 5.75 Å². The van der Waals surface area contributed by atoms with E-state index in [4.69, 9.17) is 4.74 Å². The van der Waals surface area contributed by atoms with Gasteiger partial charge in [-0.1, -0.05) is 29.8 Å². The molecule has 0 fully saturated rings. The molecule has 0 unspecified atom stereocenters. The number of H-pyrrole nitrogens is 1. The van der Waals surface area contributed by atoms with Gasteiger partial charge >= 0.3 is 5.91 Å². The first-order valence-electron chi connectivity index (χ1n) is 11.3. The molecule has 0 bridgehead atoms. The van der Waals surface area contributed by atoms with Gasteiger partial charge < -0.3 is 15.0 Å². The lowest BCUT2D eigenvalue weighted by Gasteiger charge is -2.20. The Labute approximate surface area is 198 Å². The standard InChI is InChI=1S/C26H27N5O3/c1-15-5-7-17(8-6-15)10-19-12-23(31(4)29-19)25(32)28-21-14-34-24-11-18-9-16(2)27-20(18)13-22(24)30(3)26(21)33/h5-8,11-13,21H,9-10,14H2,1-4H3,(H,28,32)/p+1/t21-/m0/s1. The number of nitrogens with zero attached hydrogens (tertiary/aromatic N) is 3. The molecule has 2 aromatic carbocycles. The van der Waals surface area contributed by atoms with Crippen molar-refractivity contribution in [1.82, 2.24) is 10.4 Å². The first-order valence-corrected chi connectivity index (χ1v) is 11.3. The van der Waals surface area contributed by atoms with Crippen LogP contribution in [0.5, 0.6) is 5.75 Å². The van der Waals surface area contributed by atoms with E-state index in [-0.39, 0.29) is 18.4 Å². The number of ether oxygens (including phenoxy) is 1. The third-order valence-electron chi connectivity index (χ3n) is 6.35. The Morgan fingerprint density at radius 1 is 1.24 bits per heavy atom. The summed E-state index contributed by atoms with van der Waals surface area (Å²) in [5.74, 6) is 0.0607. The first kappa shape index (κ1) is 21.9. The number of aryl methyl sites for hydroxylation is 2. The topological polar surface area (TPSA) is 90.7 Å². The first-order chi connectivity index (χ1) is 16.3. The van der Waals surface area contributed by atoms with Gasteiger partial charge in [-0.05, 0) is 37.1 Å². The van der Waals surface area contributed by atoms with Crippen molar-refractivity contribution in [2.45, 2.75) is 32.7 Å². The van der Waals surface area contributed by atoms with Crippen molar-refractivity contribution in [3.05, 3.63) is 70.5 Å². The Morgan fingerprint density at radius 2 is 2.00 bits per heavy atom. The van der Waals surface area contributed by atoms with Crippen LogP contribution in [0.3, 0.4) is 0 Å². The molecule has 3 heterocycles. The Morgan fingerprint density at radius 3 is 2.76 bits per heavy atom. The van der Waals surface area contributed by atoms with Crippen LogP contribution in [0.15, 0.2) is 47.5 Å². The second-order valence-corrected chi connectivity index (χ2v) is 9.09. The number of aromatic nitrogens is 2. The van der Waals surface area contributed by atoms with Crippen molar-refractivity contribution < 1.29 is 19.0 Å². The number of benzene rings is 2. The summed E-state index contributed by atoms with van der Waals surface area (Å²) in [7, 11) is 3.48. The Balaban J connectivity index is 1.32. The molecule has 1 atom stereocenters. The lowest BCUT2D eigenvalue weighted by molar-refractivity contribution is -0.728. The highest BCUT2D eigenvalue weighted by atomic mass is 16.5. The second-order valence-electron chi connectivity index (χ2n) is 9.09. The van der Waals surface area contributed by atoms with Gasteiger partial charge in [0.1, 0.15) is 18.4 Å². The number of nitrogens with one attached hydrogen (secondary N) is 2. The molecule has 34 heavy (non-hydrogen) atoms. The molecule has 5 rings (SSSR count). The molecule has 0 aliphatic carbocycles. The van der Waals surface area contributed by atoms with Crippen LogP contribution in [0.25, 0.3) is 0 Å². The van der Waals surface area contributed by atoms with E-state index in [9.17, 15) is 9.59 Å². The maximum absolute atomic E-state index is 13.2. The summed E-state index contributed by atoms with van der Waals surface area (Å²) in [6.45, 7) is 4.10. The fourth-order valence-corrected chi connectivity index (χ4v) is 4.48. The Bertz CT molecular complexity index is 1320. The monoisotopic (exact) mass is 458 g/mol. The molecule has 2 aliphatic rings. The highest BCUT2D eigenvalue weighted by Crippen LogP contribution is 2.39. The quantitative estimate of drug-likeness (QED) is 0.589. The van der Waals surface area contributed by atoms with E-state index in [1.165, 1.54) is 10.5 Å². The maximum atomic E-state index is 13.2. The number of aliphatic imine (C=N–C) groups is 1. The van der Waals surface area contributed by atoms with Crippen LogP contribution in [-0.2, 0) is 24.7 Å². The van der Waals surface area contributed by atoms with Crippen LogP contribution in [0, 0.1) is 6.92 Å². The highest BCUT2D eigenvalue weighted by Gasteiger charge is 2.34. The number of carbonyl (C=O) groups excluding carboxylic acids is 2. The molecule has 8 heteroatoms. The molecular weight excluding hydrogens is 430 g/mol. The van der Waals surface area contributed by atoms with Gasteiger partial charge in [-0.15, -0.1) is 4.68 Å². The number of rotatable bonds is 4. The van der Waals surface area contributed by atoms with Gasteiger partial charge in [-0.25, -0.2) is 0 Å². The number of hydrogen-bond acceptors (Lipinski definition) is 4. The normalized spacial score (nSPS) is 16.9. The molecule has 0 saturated carbocycles. The van der Waals surface area contributed by atoms with E-state index >= 15 is 0 Å². The molecule has 2 amide bonds. The summed E-state index contributed by atoms with van der Waals surface area (Å²) in [5, 5.41) is 6.07. The molecule has 174 valence electrons. The minimum atomic E-state index is -0.805. The number of likely N-dealkylation sites (N-methyl/N-ethyl adjacent to an activating group) is 1. The summed E-state index contributed by atoms with van der Waals surface area (Å²) < 4.78 is 7.65. The summed E-state index contributed by atoms with van der Waals surface area (Å²) >= 11 is 0. The van der Waals surface area contributed by atoms with Gasteiger partial charge in [0.2, 0.25) is 0 Å². The van der Waals surface area contributed by atoms with Crippen molar-refractivity contribution in [1.29, 1.82) is 0 Å². The fraction of sp³-hybridized carbons (Fsp3) is 0.308.